The van der Waals surface area contributed by atoms with Gasteiger partial charge in [-0.3, -0.25) is 0 Å². The quantitative estimate of drug-likeness (QED) is 0.388. The fourth-order valence-corrected chi connectivity index (χ4v) is 5.91. The third-order valence-corrected chi connectivity index (χ3v) is 8.21. The zero-order chi connectivity index (χ0) is 21.9. The second-order valence-electron chi connectivity index (χ2n) is 9.08. The molecule has 2 aromatic heterocycles. The third kappa shape index (κ3) is 3.13. The van der Waals surface area contributed by atoms with E-state index in [2.05, 4.69) is 47.5 Å². The Hall–Kier alpha value is -2.53. The summed E-state index contributed by atoms with van der Waals surface area (Å²) in [5.74, 6) is 0. The number of hydrogen-bond acceptors (Lipinski definition) is 3. The predicted molar refractivity (Wildman–Crippen MR) is 132 cm³/mol. The Morgan fingerprint density at radius 3 is 2.62 bits per heavy atom. The first-order valence-corrected chi connectivity index (χ1v) is 11.8. The van der Waals surface area contributed by atoms with Crippen LogP contribution in [0.5, 0.6) is 0 Å². The van der Waals surface area contributed by atoms with Crippen LogP contribution in [0.15, 0.2) is 67.0 Å². The number of aromatic nitrogens is 2. The summed E-state index contributed by atoms with van der Waals surface area (Å²) in [7, 11) is 0. The molecule has 0 saturated carbocycles. The van der Waals surface area contributed by atoms with E-state index in [4.69, 9.17) is 33.9 Å². The van der Waals surface area contributed by atoms with Crippen LogP contribution in [0.2, 0.25) is 10.0 Å². The molecule has 2 aromatic carbocycles. The van der Waals surface area contributed by atoms with E-state index in [1.165, 1.54) is 16.8 Å². The number of benzene rings is 2. The minimum atomic E-state index is 0.139. The largest absolute Gasteiger partial charge is 0.371 e. The minimum absolute atomic E-state index is 0.139. The average Bonchev–Trinajstić information content (AvgIpc) is 3.35. The van der Waals surface area contributed by atoms with Crippen molar-refractivity contribution in [3.05, 3.63) is 88.2 Å². The van der Waals surface area contributed by atoms with Crippen LogP contribution in [-0.2, 0) is 6.42 Å². The van der Waals surface area contributed by atoms with Crippen molar-refractivity contribution in [1.29, 1.82) is 0 Å². The number of nitrogens with zero attached hydrogens (tertiary/aromatic N) is 3. The summed E-state index contributed by atoms with van der Waals surface area (Å²) in [5, 5.41) is 1.07. The molecule has 4 nitrogen and oxygen atoms in total. The van der Waals surface area contributed by atoms with E-state index in [1.54, 1.807) is 6.07 Å². The molecule has 0 bridgehead atoms. The van der Waals surface area contributed by atoms with Crippen molar-refractivity contribution in [3.63, 3.8) is 0 Å². The first kappa shape index (κ1) is 20.1. The normalized spacial score (nSPS) is 19.6. The SMILES string of the molecule is N[C@@H]1c2ccccc2CC12CCN(c1ccn3cc(-c4cccc(Cl)c4Cl)nc3c1)CC2. The lowest BCUT2D eigenvalue weighted by atomic mass is 9.73. The van der Waals surface area contributed by atoms with Gasteiger partial charge in [-0.25, -0.2) is 4.98 Å². The molecule has 6 heteroatoms. The Morgan fingerprint density at radius 2 is 1.81 bits per heavy atom. The monoisotopic (exact) mass is 462 g/mol. The van der Waals surface area contributed by atoms with E-state index in [-0.39, 0.29) is 11.5 Å². The molecule has 2 N–H and O–H groups in total. The van der Waals surface area contributed by atoms with Gasteiger partial charge in [0.25, 0.3) is 0 Å². The van der Waals surface area contributed by atoms with Crippen LogP contribution in [0.3, 0.4) is 0 Å². The number of imidazole rings is 1. The second kappa shape index (κ2) is 7.51. The smallest absolute Gasteiger partial charge is 0.139 e. The summed E-state index contributed by atoms with van der Waals surface area (Å²) < 4.78 is 2.03. The maximum absolute atomic E-state index is 6.74. The lowest BCUT2D eigenvalue weighted by Crippen LogP contribution is -2.44. The topological polar surface area (TPSA) is 46.6 Å². The fraction of sp³-hybridized carbons (Fsp3) is 0.269. The molecule has 32 heavy (non-hydrogen) atoms. The molecule has 2 aliphatic rings. The van der Waals surface area contributed by atoms with Gasteiger partial charge >= 0.3 is 0 Å². The van der Waals surface area contributed by atoms with Gasteiger partial charge in [-0.05, 0) is 47.9 Å². The molecule has 1 spiro atoms. The number of pyridine rings is 1. The zero-order valence-corrected chi connectivity index (χ0v) is 19.2. The van der Waals surface area contributed by atoms with Gasteiger partial charge in [-0.2, -0.15) is 0 Å². The van der Waals surface area contributed by atoms with Gasteiger partial charge in [-0.15, -0.1) is 0 Å². The summed E-state index contributed by atoms with van der Waals surface area (Å²) in [6, 6.07) is 18.8. The molecule has 1 saturated heterocycles. The molecule has 4 aromatic rings. The van der Waals surface area contributed by atoms with Crippen molar-refractivity contribution in [2.75, 3.05) is 18.0 Å². The first-order valence-electron chi connectivity index (χ1n) is 11.1. The van der Waals surface area contributed by atoms with E-state index in [0.717, 1.165) is 49.3 Å². The van der Waals surface area contributed by atoms with Gasteiger partial charge in [0.2, 0.25) is 0 Å². The lowest BCUT2D eigenvalue weighted by molar-refractivity contribution is 0.187. The molecule has 1 atom stereocenters. The summed E-state index contributed by atoms with van der Waals surface area (Å²) >= 11 is 12.6. The van der Waals surface area contributed by atoms with Crippen LogP contribution in [-0.4, -0.2) is 22.5 Å². The standard InChI is InChI=1S/C26H24Cl2N4/c27-21-7-3-6-20(24(21)28)22-16-32-11-8-18(14-23(32)30-22)31-12-9-26(10-13-31)15-17-4-1-2-5-19(17)25(26)29/h1-8,11,14,16,25H,9-10,12-13,15,29H2/t25-/m1/s1. The Morgan fingerprint density at radius 1 is 1.00 bits per heavy atom. The molecule has 1 fully saturated rings. The number of hydrogen-bond donors (Lipinski definition) is 1. The van der Waals surface area contributed by atoms with Crippen molar-refractivity contribution in [2.45, 2.75) is 25.3 Å². The van der Waals surface area contributed by atoms with Crippen molar-refractivity contribution < 1.29 is 0 Å². The molecular formula is C26H24Cl2N4. The van der Waals surface area contributed by atoms with Crippen LogP contribution >= 0.6 is 23.2 Å². The highest BCUT2D eigenvalue weighted by Gasteiger charge is 2.45. The van der Waals surface area contributed by atoms with Gasteiger partial charge in [0.1, 0.15) is 5.65 Å². The lowest BCUT2D eigenvalue weighted by Gasteiger charge is -2.43. The van der Waals surface area contributed by atoms with Crippen molar-refractivity contribution in [1.82, 2.24) is 9.38 Å². The molecule has 0 unspecified atom stereocenters. The maximum Gasteiger partial charge on any atom is 0.139 e. The summed E-state index contributed by atoms with van der Waals surface area (Å²) in [6.45, 7) is 2.01. The Labute approximate surface area is 197 Å². The highest BCUT2D eigenvalue weighted by atomic mass is 35.5. The van der Waals surface area contributed by atoms with Gasteiger partial charge in [0.15, 0.2) is 0 Å². The van der Waals surface area contributed by atoms with E-state index in [9.17, 15) is 0 Å². The second-order valence-corrected chi connectivity index (χ2v) is 9.87. The van der Waals surface area contributed by atoms with E-state index < -0.39 is 0 Å². The molecule has 1 aliphatic heterocycles. The molecule has 1 aliphatic carbocycles. The molecule has 162 valence electrons. The van der Waals surface area contributed by atoms with Crippen molar-refractivity contribution in [3.8, 4) is 11.3 Å². The average molecular weight is 463 g/mol. The Balaban J connectivity index is 1.24. The molecule has 6 rings (SSSR count). The van der Waals surface area contributed by atoms with E-state index >= 15 is 0 Å². The highest BCUT2D eigenvalue weighted by Crippen LogP contribution is 2.51. The van der Waals surface area contributed by atoms with Gasteiger partial charge in [-0.1, -0.05) is 59.6 Å². The highest BCUT2D eigenvalue weighted by molar-refractivity contribution is 6.43. The first-order chi connectivity index (χ1) is 15.5. The number of rotatable bonds is 2. The van der Waals surface area contributed by atoms with E-state index in [0.29, 0.717) is 10.0 Å². The van der Waals surface area contributed by atoms with Crippen molar-refractivity contribution >= 4 is 34.5 Å². The summed E-state index contributed by atoms with van der Waals surface area (Å²) in [4.78, 5) is 7.28. The molecule has 3 heterocycles. The summed E-state index contributed by atoms with van der Waals surface area (Å²) in [6.07, 6.45) is 7.37. The van der Waals surface area contributed by atoms with Crippen LogP contribution in [0.25, 0.3) is 16.9 Å². The molecular weight excluding hydrogens is 439 g/mol. The fourth-order valence-electron chi connectivity index (χ4n) is 5.51. The number of fused-ring (bicyclic) bond motifs is 2. The number of halogens is 2. The zero-order valence-electron chi connectivity index (χ0n) is 17.6. The third-order valence-electron chi connectivity index (χ3n) is 7.39. The summed E-state index contributed by atoms with van der Waals surface area (Å²) in [5.41, 5.74) is 13.5. The number of piperidine rings is 1. The van der Waals surface area contributed by atoms with E-state index in [1.807, 2.05) is 22.7 Å². The molecule has 0 radical (unpaired) electrons. The Kier molecular flexibility index (Phi) is 4.72. The maximum atomic E-state index is 6.74. The van der Waals surface area contributed by atoms with Crippen LogP contribution in [0, 0.1) is 5.41 Å². The Bertz CT molecular complexity index is 1320. The number of nitrogens with two attached hydrogens (primary N) is 1. The van der Waals surface area contributed by atoms with Crippen molar-refractivity contribution in [2.24, 2.45) is 11.1 Å². The number of anilines is 1. The predicted octanol–water partition coefficient (Wildman–Crippen LogP) is 6.15. The van der Waals surface area contributed by atoms with Gasteiger partial charge < -0.3 is 15.0 Å². The molecule has 0 amide bonds. The van der Waals surface area contributed by atoms with Gasteiger partial charge in [0, 0.05) is 48.8 Å². The van der Waals surface area contributed by atoms with Crippen LogP contribution in [0.1, 0.15) is 30.0 Å². The minimum Gasteiger partial charge on any atom is -0.371 e. The van der Waals surface area contributed by atoms with Crippen LogP contribution < -0.4 is 10.6 Å². The van der Waals surface area contributed by atoms with Crippen LogP contribution in [0.4, 0.5) is 5.69 Å². The van der Waals surface area contributed by atoms with Gasteiger partial charge in [0.05, 0.1) is 15.7 Å².